The molecule has 0 unspecified atom stereocenters. The zero-order chi connectivity index (χ0) is 11.9. The maximum Gasteiger partial charge on any atom is 0.145 e. The van der Waals surface area contributed by atoms with E-state index in [1.807, 2.05) is 12.1 Å². The van der Waals surface area contributed by atoms with Crippen molar-refractivity contribution < 1.29 is 4.74 Å². The van der Waals surface area contributed by atoms with Gasteiger partial charge in [0.15, 0.2) is 0 Å². The number of nitrogens with zero attached hydrogens (tertiary/aromatic N) is 2. The topological polar surface area (TPSA) is 45.9 Å². The van der Waals surface area contributed by atoms with Crippen LogP contribution in [-0.4, -0.2) is 11.6 Å². The lowest BCUT2D eigenvalue weighted by Crippen LogP contribution is -2.13. The summed E-state index contributed by atoms with van der Waals surface area (Å²) in [5.41, 5.74) is 1.38. The molecular weight excluding hydrogens is 212 g/mol. The van der Waals surface area contributed by atoms with Crippen LogP contribution < -0.4 is 0 Å². The molecule has 90 valence electrons. The van der Waals surface area contributed by atoms with E-state index in [-0.39, 0.29) is 0 Å². The Morgan fingerprint density at radius 3 is 2.94 bits per heavy atom. The Kier molecular flexibility index (Phi) is 4.52. The second-order valence-corrected chi connectivity index (χ2v) is 4.64. The fraction of sp³-hybridized carbons (Fsp3) is 0.571. The first-order chi connectivity index (χ1) is 8.40. The van der Waals surface area contributed by atoms with Gasteiger partial charge in [0.2, 0.25) is 0 Å². The molecule has 0 radical (unpaired) electrons. The van der Waals surface area contributed by atoms with Crippen molar-refractivity contribution >= 4 is 0 Å². The van der Waals surface area contributed by atoms with Crippen molar-refractivity contribution in [2.24, 2.45) is 5.92 Å². The van der Waals surface area contributed by atoms with Gasteiger partial charge < -0.3 is 4.74 Å². The van der Waals surface area contributed by atoms with Gasteiger partial charge in [-0.3, -0.25) is 0 Å². The van der Waals surface area contributed by atoms with E-state index in [1.165, 1.54) is 32.1 Å². The van der Waals surface area contributed by atoms with Gasteiger partial charge in [-0.2, -0.15) is 5.26 Å². The lowest BCUT2D eigenvalue weighted by atomic mass is 9.90. The second-order valence-electron chi connectivity index (χ2n) is 4.64. The molecule has 3 nitrogen and oxygen atoms in total. The van der Waals surface area contributed by atoms with Crippen molar-refractivity contribution in [2.45, 2.75) is 38.7 Å². The number of pyridine rings is 1. The first kappa shape index (κ1) is 12.1. The van der Waals surface area contributed by atoms with Crippen LogP contribution in [0.3, 0.4) is 0 Å². The molecule has 0 amide bonds. The third kappa shape index (κ3) is 3.54. The molecule has 0 N–H and O–H groups in total. The highest BCUT2D eigenvalue weighted by molar-refractivity contribution is 5.29. The average Bonchev–Trinajstić information content (AvgIpc) is 2.40. The van der Waals surface area contributed by atoms with Crippen LogP contribution >= 0.6 is 0 Å². The fourth-order valence-corrected chi connectivity index (χ4v) is 2.35. The molecule has 1 aliphatic carbocycles. The first-order valence-electron chi connectivity index (χ1n) is 6.32. The van der Waals surface area contributed by atoms with Crippen molar-refractivity contribution in [1.82, 2.24) is 4.98 Å². The predicted molar refractivity (Wildman–Crippen MR) is 65.2 cm³/mol. The lowest BCUT2D eigenvalue weighted by Gasteiger charge is -2.21. The molecule has 1 aromatic rings. The van der Waals surface area contributed by atoms with E-state index in [0.717, 1.165) is 12.2 Å². The Morgan fingerprint density at radius 2 is 2.18 bits per heavy atom. The van der Waals surface area contributed by atoms with Gasteiger partial charge in [0.05, 0.1) is 6.61 Å². The largest absolute Gasteiger partial charge is 0.376 e. The van der Waals surface area contributed by atoms with E-state index in [1.54, 1.807) is 6.20 Å². The SMILES string of the molecule is N#Cc1ncccc1COCC1CCCCC1. The Labute approximate surface area is 102 Å². The molecule has 2 rings (SSSR count). The van der Waals surface area contributed by atoms with Crippen LogP contribution in [0.1, 0.15) is 43.4 Å². The maximum atomic E-state index is 8.90. The molecule has 3 heteroatoms. The summed E-state index contributed by atoms with van der Waals surface area (Å²) in [6.45, 7) is 1.33. The number of nitriles is 1. The van der Waals surface area contributed by atoms with Crippen LogP contribution in [0.4, 0.5) is 0 Å². The fourth-order valence-electron chi connectivity index (χ4n) is 2.35. The van der Waals surface area contributed by atoms with E-state index >= 15 is 0 Å². The van der Waals surface area contributed by atoms with Crippen molar-refractivity contribution in [3.63, 3.8) is 0 Å². The Bertz CT molecular complexity index is 391. The van der Waals surface area contributed by atoms with E-state index in [9.17, 15) is 0 Å². The van der Waals surface area contributed by atoms with Crippen molar-refractivity contribution in [3.05, 3.63) is 29.6 Å². The number of hydrogen-bond acceptors (Lipinski definition) is 3. The Hall–Kier alpha value is -1.40. The molecule has 0 bridgehead atoms. The van der Waals surface area contributed by atoms with Crippen LogP contribution in [0.2, 0.25) is 0 Å². The molecule has 1 saturated carbocycles. The summed E-state index contributed by atoms with van der Waals surface area (Å²) >= 11 is 0. The summed E-state index contributed by atoms with van der Waals surface area (Å²) in [6, 6.07) is 5.85. The summed E-state index contributed by atoms with van der Waals surface area (Å²) in [6.07, 6.45) is 8.27. The zero-order valence-electron chi connectivity index (χ0n) is 10.1. The number of aromatic nitrogens is 1. The molecule has 0 spiro atoms. The molecule has 0 saturated heterocycles. The van der Waals surface area contributed by atoms with Crippen LogP contribution in [0, 0.1) is 17.2 Å². The highest BCUT2D eigenvalue weighted by Gasteiger charge is 2.13. The van der Waals surface area contributed by atoms with Gasteiger partial charge in [-0.1, -0.05) is 25.3 Å². The van der Waals surface area contributed by atoms with Crippen molar-refractivity contribution in [1.29, 1.82) is 5.26 Å². The van der Waals surface area contributed by atoms with Gasteiger partial charge in [-0.25, -0.2) is 4.98 Å². The molecular formula is C14H18N2O. The minimum atomic E-state index is 0.483. The smallest absolute Gasteiger partial charge is 0.145 e. The van der Waals surface area contributed by atoms with E-state index in [2.05, 4.69) is 11.1 Å². The maximum absolute atomic E-state index is 8.90. The number of hydrogen-bond donors (Lipinski definition) is 0. The normalized spacial score (nSPS) is 16.6. The van der Waals surface area contributed by atoms with Crippen molar-refractivity contribution in [3.8, 4) is 6.07 Å². The zero-order valence-corrected chi connectivity index (χ0v) is 10.1. The molecule has 0 atom stereocenters. The molecule has 1 heterocycles. The van der Waals surface area contributed by atoms with Gasteiger partial charge in [-0.15, -0.1) is 0 Å². The van der Waals surface area contributed by atoms with Gasteiger partial charge in [0, 0.05) is 18.4 Å². The monoisotopic (exact) mass is 230 g/mol. The molecule has 1 aromatic heterocycles. The number of ether oxygens (including phenoxy) is 1. The van der Waals surface area contributed by atoms with E-state index in [4.69, 9.17) is 10.00 Å². The second kappa shape index (κ2) is 6.36. The molecule has 0 aromatic carbocycles. The lowest BCUT2D eigenvalue weighted by molar-refractivity contribution is 0.0736. The van der Waals surface area contributed by atoms with Gasteiger partial charge in [0.25, 0.3) is 0 Å². The third-order valence-corrected chi connectivity index (χ3v) is 3.33. The Balaban J connectivity index is 1.79. The first-order valence-corrected chi connectivity index (χ1v) is 6.32. The minimum Gasteiger partial charge on any atom is -0.376 e. The molecule has 0 aliphatic heterocycles. The van der Waals surface area contributed by atoms with Crippen LogP contribution in [0.5, 0.6) is 0 Å². The molecule has 1 fully saturated rings. The summed E-state index contributed by atoms with van der Waals surface area (Å²) in [4.78, 5) is 4.02. The Morgan fingerprint density at radius 1 is 1.35 bits per heavy atom. The van der Waals surface area contributed by atoms with E-state index in [0.29, 0.717) is 18.2 Å². The summed E-state index contributed by atoms with van der Waals surface area (Å²) in [5, 5.41) is 8.90. The third-order valence-electron chi connectivity index (χ3n) is 3.33. The van der Waals surface area contributed by atoms with E-state index < -0.39 is 0 Å². The predicted octanol–water partition coefficient (Wildman–Crippen LogP) is 3.05. The highest BCUT2D eigenvalue weighted by atomic mass is 16.5. The number of rotatable bonds is 4. The average molecular weight is 230 g/mol. The van der Waals surface area contributed by atoms with Gasteiger partial charge in [0.1, 0.15) is 11.8 Å². The molecule has 1 aliphatic rings. The van der Waals surface area contributed by atoms with Crippen LogP contribution in [0.25, 0.3) is 0 Å². The van der Waals surface area contributed by atoms with Gasteiger partial charge >= 0.3 is 0 Å². The van der Waals surface area contributed by atoms with Crippen LogP contribution in [0.15, 0.2) is 18.3 Å². The summed E-state index contributed by atoms with van der Waals surface area (Å²) in [7, 11) is 0. The molecule has 17 heavy (non-hydrogen) atoms. The van der Waals surface area contributed by atoms with Gasteiger partial charge in [-0.05, 0) is 24.8 Å². The quantitative estimate of drug-likeness (QED) is 0.798. The summed E-state index contributed by atoms with van der Waals surface area (Å²) in [5.74, 6) is 0.714. The highest BCUT2D eigenvalue weighted by Crippen LogP contribution is 2.24. The summed E-state index contributed by atoms with van der Waals surface area (Å²) < 4.78 is 5.71. The van der Waals surface area contributed by atoms with Crippen LogP contribution in [-0.2, 0) is 11.3 Å². The standard InChI is InChI=1S/C14H18N2O/c15-9-14-13(7-4-8-16-14)11-17-10-12-5-2-1-3-6-12/h4,7-8,12H,1-3,5-6,10-11H2. The minimum absolute atomic E-state index is 0.483. The van der Waals surface area contributed by atoms with Crippen molar-refractivity contribution in [2.75, 3.05) is 6.61 Å².